The normalized spacial score (nSPS) is 17.2. The second-order valence-electron chi connectivity index (χ2n) is 9.21. The van der Waals surface area contributed by atoms with Crippen molar-refractivity contribution < 1.29 is 33.3 Å². The average molecular weight is 512 g/mol. The molecular weight excluding hydrogens is 486 g/mol. The molecule has 0 saturated heterocycles. The van der Waals surface area contributed by atoms with Crippen LogP contribution in [0, 0.1) is 0 Å². The van der Waals surface area contributed by atoms with Crippen LogP contribution in [0.3, 0.4) is 0 Å². The van der Waals surface area contributed by atoms with E-state index in [-0.39, 0.29) is 23.9 Å². The van der Waals surface area contributed by atoms with Crippen LogP contribution in [0.15, 0.2) is 60.5 Å². The standard InChI is InChI=1S/C30H25NO7/c1-31-15-16(21-12-17(34-2)6-9-23(21)31)11-26-29(33)20-8-10-24-28(30(20)38-26)22(14-27(32)37-24)19-7-5-18(35-3)13-25(19)36-4/h5-13,15,22H,14H2,1-4H3/b26-11-/t22-/m1/s1. The number of carbonyl (C=O) groups is 2. The van der Waals surface area contributed by atoms with Gasteiger partial charge in [0.2, 0.25) is 5.78 Å². The van der Waals surface area contributed by atoms with Gasteiger partial charge in [-0.2, -0.15) is 0 Å². The Kier molecular flexibility index (Phi) is 5.60. The zero-order valence-corrected chi connectivity index (χ0v) is 21.4. The first-order valence-electron chi connectivity index (χ1n) is 12.1. The fourth-order valence-electron chi connectivity index (χ4n) is 5.26. The molecule has 0 saturated carbocycles. The summed E-state index contributed by atoms with van der Waals surface area (Å²) >= 11 is 0. The molecule has 0 amide bonds. The Morgan fingerprint density at radius 1 is 0.921 bits per heavy atom. The van der Waals surface area contributed by atoms with Gasteiger partial charge in [-0.05, 0) is 42.5 Å². The predicted molar refractivity (Wildman–Crippen MR) is 140 cm³/mol. The Balaban J connectivity index is 1.47. The average Bonchev–Trinajstić information content (AvgIpc) is 3.42. The fraction of sp³-hybridized carbons (Fsp3) is 0.200. The third-order valence-electron chi connectivity index (χ3n) is 7.11. The van der Waals surface area contributed by atoms with E-state index in [4.69, 9.17) is 23.7 Å². The molecule has 4 aromatic rings. The number of benzene rings is 3. The van der Waals surface area contributed by atoms with Crippen molar-refractivity contribution in [2.24, 2.45) is 7.05 Å². The highest BCUT2D eigenvalue weighted by Gasteiger charge is 2.39. The smallest absolute Gasteiger partial charge is 0.312 e. The van der Waals surface area contributed by atoms with Crippen molar-refractivity contribution >= 4 is 28.7 Å². The molecule has 0 fully saturated rings. The number of nitrogens with zero attached hydrogens (tertiary/aromatic N) is 1. The summed E-state index contributed by atoms with van der Waals surface area (Å²) in [6.45, 7) is 0. The first kappa shape index (κ1) is 23.7. The lowest BCUT2D eigenvalue weighted by molar-refractivity contribution is -0.135. The minimum absolute atomic E-state index is 0.0753. The number of methoxy groups -OCH3 is 3. The second-order valence-corrected chi connectivity index (χ2v) is 9.21. The van der Waals surface area contributed by atoms with Crippen molar-refractivity contribution in [2.45, 2.75) is 12.3 Å². The van der Waals surface area contributed by atoms with Crippen molar-refractivity contribution in [3.8, 4) is 28.7 Å². The molecule has 8 nitrogen and oxygen atoms in total. The molecule has 1 atom stereocenters. The van der Waals surface area contributed by atoms with Crippen LogP contribution in [0.1, 0.15) is 39.4 Å². The summed E-state index contributed by atoms with van der Waals surface area (Å²) in [6, 6.07) is 14.5. The molecule has 2 aliphatic heterocycles. The van der Waals surface area contributed by atoms with Crippen molar-refractivity contribution in [1.82, 2.24) is 4.57 Å². The highest BCUT2D eigenvalue weighted by molar-refractivity contribution is 6.15. The van der Waals surface area contributed by atoms with Crippen LogP contribution < -0.4 is 23.7 Å². The minimum atomic E-state index is -0.434. The Morgan fingerprint density at radius 2 is 1.68 bits per heavy atom. The fourth-order valence-corrected chi connectivity index (χ4v) is 5.26. The maximum atomic E-state index is 13.5. The molecule has 6 rings (SSSR count). The largest absolute Gasteiger partial charge is 0.497 e. The molecule has 0 N–H and O–H groups in total. The lowest BCUT2D eigenvalue weighted by atomic mass is 9.84. The third-order valence-corrected chi connectivity index (χ3v) is 7.11. The Hall–Kier alpha value is -4.72. The number of hydrogen-bond acceptors (Lipinski definition) is 7. The van der Waals surface area contributed by atoms with Crippen LogP contribution in [-0.4, -0.2) is 37.6 Å². The van der Waals surface area contributed by atoms with E-state index in [9.17, 15) is 9.59 Å². The van der Waals surface area contributed by atoms with Gasteiger partial charge < -0.3 is 28.3 Å². The van der Waals surface area contributed by atoms with Gasteiger partial charge in [0.05, 0.1) is 33.3 Å². The Morgan fingerprint density at radius 3 is 2.45 bits per heavy atom. The second kappa shape index (κ2) is 8.99. The molecule has 1 aromatic heterocycles. The zero-order chi connectivity index (χ0) is 26.6. The van der Waals surface area contributed by atoms with Crippen molar-refractivity contribution in [3.05, 3.63) is 82.7 Å². The van der Waals surface area contributed by atoms with Crippen LogP contribution in [0.4, 0.5) is 0 Å². The first-order chi connectivity index (χ1) is 18.4. The number of carbonyl (C=O) groups excluding carboxylic acids is 2. The van der Waals surface area contributed by atoms with Gasteiger partial charge >= 0.3 is 5.97 Å². The number of hydrogen-bond donors (Lipinski definition) is 0. The van der Waals surface area contributed by atoms with Gasteiger partial charge in [-0.3, -0.25) is 9.59 Å². The van der Waals surface area contributed by atoms with Crippen LogP contribution in [0.25, 0.3) is 17.0 Å². The number of esters is 1. The van der Waals surface area contributed by atoms with Gasteiger partial charge in [0.25, 0.3) is 0 Å². The Labute approximate surface area is 218 Å². The predicted octanol–water partition coefficient (Wildman–Crippen LogP) is 5.26. The van der Waals surface area contributed by atoms with E-state index >= 15 is 0 Å². The van der Waals surface area contributed by atoms with E-state index in [2.05, 4.69) is 0 Å². The lowest BCUT2D eigenvalue weighted by Crippen LogP contribution is -2.22. The topological polar surface area (TPSA) is 85.2 Å². The van der Waals surface area contributed by atoms with Gasteiger partial charge in [-0.1, -0.05) is 6.07 Å². The van der Waals surface area contributed by atoms with Crippen molar-refractivity contribution in [2.75, 3.05) is 21.3 Å². The van der Waals surface area contributed by atoms with Gasteiger partial charge in [0, 0.05) is 52.8 Å². The van der Waals surface area contributed by atoms with Gasteiger partial charge in [-0.25, -0.2) is 0 Å². The summed E-state index contributed by atoms with van der Waals surface area (Å²) in [7, 11) is 6.71. The van der Waals surface area contributed by atoms with Crippen LogP contribution in [0.5, 0.6) is 28.7 Å². The monoisotopic (exact) mass is 511 g/mol. The summed E-state index contributed by atoms with van der Waals surface area (Å²) in [4.78, 5) is 26.1. The lowest BCUT2D eigenvalue weighted by Gasteiger charge is -2.27. The van der Waals surface area contributed by atoms with Gasteiger partial charge in [0.1, 0.15) is 28.7 Å². The minimum Gasteiger partial charge on any atom is -0.497 e. The van der Waals surface area contributed by atoms with E-state index in [1.54, 1.807) is 45.6 Å². The Bertz CT molecular complexity index is 1660. The van der Waals surface area contributed by atoms with E-state index in [1.165, 1.54) is 0 Å². The molecule has 2 aliphatic rings. The van der Waals surface area contributed by atoms with E-state index in [1.807, 2.05) is 48.1 Å². The summed E-state index contributed by atoms with van der Waals surface area (Å²) in [6.07, 6.45) is 3.76. The highest BCUT2D eigenvalue weighted by atomic mass is 16.5. The molecule has 0 aliphatic carbocycles. The molecule has 0 unspecified atom stereocenters. The van der Waals surface area contributed by atoms with E-state index in [0.717, 1.165) is 27.8 Å². The molecule has 0 spiro atoms. The molecule has 192 valence electrons. The van der Waals surface area contributed by atoms with E-state index < -0.39 is 5.92 Å². The zero-order valence-electron chi connectivity index (χ0n) is 21.4. The summed E-state index contributed by atoms with van der Waals surface area (Å²) < 4.78 is 30.2. The first-order valence-corrected chi connectivity index (χ1v) is 12.1. The van der Waals surface area contributed by atoms with Gasteiger partial charge in [-0.15, -0.1) is 0 Å². The maximum Gasteiger partial charge on any atom is 0.312 e. The van der Waals surface area contributed by atoms with Crippen LogP contribution in [-0.2, 0) is 11.8 Å². The number of aryl methyl sites for hydroxylation is 1. The number of ether oxygens (including phenoxy) is 5. The molecule has 0 radical (unpaired) electrons. The SMILES string of the molecule is COc1ccc([C@H]2CC(=O)Oc3ccc4c(c32)O/C(=C\c2cn(C)c3ccc(OC)cc23)C4=O)c(OC)c1. The molecular formula is C30H25NO7. The number of aromatic nitrogens is 1. The molecule has 3 aromatic carbocycles. The number of ketones is 1. The summed E-state index contributed by atoms with van der Waals surface area (Å²) in [5.74, 6) is 1.83. The summed E-state index contributed by atoms with van der Waals surface area (Å²) in [5, 5.41) is 0.934. The molecule has 38 heavy (non-hydrogen) atoms. The third kappa shape index (κ3) is 3.68. The molecule has 0 bridgehead atoms. The van der Waals surface area contributed by atoms with Crippen molar-refractivity contribution in [3.63, 3.8) is 0 Å². The quantitative estimate of drug-likeness (QED) is 0.205. The molecule has 8 heteroatoms. The maximum absolute atomic E-state index is 13.5. The van der Waals surface area contributed by atoms with Crippen LogP contribution >= 0.6 is 0 Å². The number of allylic oxidation sites excluding steroid dienone is 1. The van der Waals surface area contributed by atoms with E-state index in [0.29, 0.717) is 34.1 Å². The number of rotatable bonds is 5. The number of fused-ring (bicyclic) bond motifs is 4. The summed E-state index contributed by atoms with van der Waals surface area (Å²) in [5.41, 5.74) is 3.65. The highest BCUT2D eigenvalue weighted by Crippen LogP contribution is 2.51. The van der Waals surface area contributed by atoms with Crippen molar-refractivity contribution in [1.29, 1.82) is 0 Å². The molecule has 3 heterocycles. The van der Waals surface area contributed by atoms with Gasteiger partial charge in [0.15, 0.2) is 5.76 Å². The van der Waals surface area contributed by atoms with Crippen LogP contribution in [0.2, 0.25) is 0 Å². The number of Topliss-reactive ketones (excluding diaryl/α,β-unsaturated/α-hetero) is 1.